The van der Waals surface area contributed by atoms with E-state index in [1.807, 2.05) is 49.4 Å². The van der Waals surface area contributed by atoms with Gasteiger partial charge in [-0.1, -0.05) is 61.5 Å². The van der Waals surface area contributed by atoms with Crippen LogP contribution in [0.3, 0.4) is 0 Å². The van der Waals surface area contributed by atoms with Crippen molar-refractivity contribution in [1.29, 1.82) is 0 Å². The number of ketones is 2. The van der Waals surface area contributed by atoms with Crippen LogP contribution in [0.25, 0.3) is 10.9 Å². The predicted molar refractivity (Wildman–Crippen MR) is 162 cm³/mol. The maximum Gasteiger partial charge on any atom is 0.375 e. The molecule has 3 aromatic rings. The van der Waals surface area contributed by atoms with Gasteiger partial charge in [-0.05, 0) is 80.4 Å². The molecule has 0 amide bonds. The molecule has 0 saturated heterocycles. The second-order valence-corrected chi connectivity index (χ2v) is 14.0. The normalized spacial score (nSPS) is 34.7. The van der Waals surface area contributed by atoms with E-state index in [1.54, 1.807) is 24.3 Å². The molecule has 8 heteroatoms. The second-order valence-electron chi connectivity index (χ2n) is 13.0. The highest BCUT2D eigenvalue weighted by atomic mass is 32.2. The van der Waals surface area contributed by atoms with Crippen LogP contribution in [0.1, 0.15) is 56.5 Å². The van der Waals surface area contributed by atoms with Gasteiger partial charge in [0, 0.05) is 22.1 Å². The van der Waals surface area contributed by atoms with Crippen molar-refractivity contribution in [2.24, 2.45) is 28.6 Å². The Morgan fingerprint density at radius 2 is 1.95 bits per heavy atom. The largest absolute Gasteiger partial charge is 0.457 e. The third-order valence-electron chi connectivity index (χ3n) is 11.0. The first-order chi connectivity index (χ1) is 20.6. The highest BCUT2D eigenvalue weighted by molar-refractivity contribution is 7.99. The lowest BCUT2D eigenvalue weighted by molar-refractivity contribution is -0.176. The van der Waals surface area contributed by atoms with Gasteiger partial charge in [-0.2, -0.15) is 0 Å². The summed E-state index contributed by atoms with van der Waals surface area (Å²) >= 11 is 1.34. The number of aliphatic hydroxyl groups excluding tert-OH is 1. The number of esters is 1. The van der Waals surface area contributed by atoms with Crippen LogP contribution in [0.5, 0.6) is 0 Å². The van der Waals surface area contributed by atoms with Crippen LogP contribution in [-0.4, -0.2) is 45.1 Å². The minimum Gasteiger partial charge on any atom is -0.457 e. The van der Waals surface area contributed by atoms with Crippen molar-refractivity contribution in [2.75, 3.05) is 5.75 Å². The molecule has 4 aliphatic carbocycles. The average Bonchev–Trinajstić information content (AvgIpc) is 3.63. The number of aliphatic hydroxyl groups is 1. The van der Waals surface area contributed by atoms with Gasteiger partial charge in [0.15, 0.2) is 17.2 Å². The molecule has 0 spiro atoms. The van der Waals surface area contributed by atoms with Crippen molar-refractivity contribution < 1.29 is 28.6 Å². The molecular weight excluding hydrogens is 562 g/mol. The van der Waals surface area contributed by atoms with Gasteiger partial charge < -0.3 is 14.3 Å². The molecule has 43 heavy (non-hydrogen) atoms. The standard InChI is InChI=1S/C35H35NO6S/c1-33-15-13-23(37)18-22(33)10-11-24-25-14-16-35(34(25,2)19-27(38)31(24)33,42-32(40)28-8-5-17-41-28)29(39)20-43-30-12-9-21-6-3-4-7-26(21)36-30/h3-9,12-13,15,17-18,24-25,27,31,38H,10-11,14,16,19-20H2,1-2H3/t24?,25?,27?,31?,33?,34?,35-/m0/s1. The number of carbonyl (C=O) groups is 3. The number of fused-ring (bicyclic) bond motifs is 6. The molecule has 1 aromatic carbocycles. The lowest BCUT2D eigenvalue weighted by atomic mass is 9.46. The van der Waals surface area contributed by atoms with Gasteiger partial charge >= 0.3 is 5.97 Å². The fourth-order valence-corrected chi connectivity index (χ4v) is 9.82. The Bertz CT molecular complexity index is 1680. The van der Waals surface area contributed by atoms with Crippen LogP contribution in [0.15, 0.2) is 88.0 Å². The Morgan fingerprint density at radius 1 is 1.12 bits per heavy atom. The average molecular weight is 598 g/mol. The number of aromatic nitrogens is 1. The fraction of sp³-hybridized carbons (Fsp3) is 0.429. The third-order valence-corrected chi connectivity index (χ3v) is 11.9. The molecule has 0 bridgehead atoms. The van der Waals surface area contributed by atoms with E-state index in [1.165, 1.54) is 18.0 Å². The van der Waals surface area contributed by atoms with Crippen LogP contribution < -0.4 is 0 Å². The summed E-state index contributed by atoms with van der Waals surface area (Å²) in [5.74, 6) is -0.627. The zero-order valence-electron chi connectivity index (χ0n) is 24.3. The van der Waals surface area contributed by atoms with E-state index in [2.05, 4.69) is 6.92 Å². The Kier molecular flexibility index (Phi) is 6.78. The van der Waals surface area contributed by atoms with Crippen molar-refractivity contribution in [3.63, 3.8) is 0 Å². The van der Waals surface area contributed by atoms with Gasteiger partial charge in [0.05, 0.1) is 28.7 Å². The number of para-hydroxylation sites is 1. The molecule has 0 radical (unpaired) electrons. The van der Waals surface area contributed by atoms with Crippen LogP contribution in [-0.2, 0) is 14.3 Å². The molecule has 0 aliphatic heterocycles. The molecule has 222 valence electrons. The van der Waals surface area contributed by atoms with E-state index in [0.29, 0.717) is 19.3 Å². The summed E-state index contributed by atoms with van der Waals surface area (Å²) in [6.45, 7) is 4.16. The maximum absolute atomic E-state index is 14.5. The number of thioether (sulfide) groups is 1. The Labute approximate surface area is 254 Å². The number of furan rings is 1. The Balaban J connectivity index is 1.22. The Hall–Kier alpha value is -3.49. The number of nitrogens with zero attached hydrogens (tertiary/aromatic N) is 1. The molecule has 7 nitrogen and oxygen atoms in total. The summed E-state index contributed by atoms with van der Waals surface area (Å²) in [7, 11) is 0. The van der Waals surface area contributed by atoms with Crippen LogP contribution in [0.2, 0.25) is 0 Å². The van der Waals surface area contributed by atoms with Crippen molar-refractivity contribution >= 4 is 40.2 Å². The van der Waals surface area contributed by atoms with Crippen LogP contribution >= 0.6 is 11.8 Å². The van der Waals surface area contributed by atoms with Crippen molar-refractivity contribution in [2.45, 2.75) is 62.7 Å². The zero-order valence-corrected chi connectivity index (χ0v) is 25.1. The number of allylic oxidation sites excluding steroid dienone is 4. The van der Waals surface area contributed by atoms with E-state index in [4.69, 9.17) is 14.1 Å². The molecule has 6 unspecified atom stereocenters. The number of hydrogen-bond acceptors (Lipinski definition) is 8. The first kappa shape index (κ1) is 28.3. The molecule has 3 saturated carbocycles. The van der Waals surface area contributed by atoms with E-state index < -0.39 is 28.5 Å². The minimum absolute atomic E-state index is 0.00483. The third kappa shape index (κ3) is 4.36. The number of ether oxygens (including phenoxy) is 1. The van der Waals surface area contributed by atoms with E-state index in [9.17, 15) is 19.5 Å². The SMILES string of the molecule is CC12C=CC(=O)C=C1CCC1C2C(O)CC2(C)C1CC[C@]2(OC(=O)c1ccco1)C(=O)CSc1ccc2ccccc2n1. The Morgan fingerprint density at radius 3 is 2.77 bits per heavy atom. The predicted octanol–water partition coefficient (Wildman–Crippen LogP) is 6.36. The van der Waals surface area contributed by atoms with Gasteiger partial charge in [-0.25, -0.2) is 9.78 Å². The maximum atomic E-state index is 14.5. The number of hydrogen-bond donors (Lipinski definition) is 1. The highest BCUT2D eigenvalue weighted by Crippen LogP contribution is 2.68. The molecule has 4 aliphatic rings. The topological polar surface area (TPSA) is 107 Å². The molecule has 7 atom stereocenters. The summed E-state index contributed by atoms with van der Waals surface area (Å²) in [6.07, 6.45) is 9.01. The smallest absolute Gasteiger partial charge is 0.375 e. The summed E-state index contributed by atoms with van der Waals surface area (Å²) in [5.41, 5.74) is -0.698. The van der Waals surface area contributed by atoms with Crippen LogP contribution in [0.4, 0.5) is 0 Å². The van der Waals surface area contributed by atoms with Crippen LogP contribution in [0, 0.1) is 28.6 Å². The number of rotatable bonds is 6. The second kappa shape index (κ2) is 10.3. The number of benzene rings is 1. The van der Waals surface area contributed by atoms with Gasteiger partial charge in [0.1, 0.15) is 0 Å². The van der Waals surface area contributed by atoms with Crippen molar-refractivity contribution in [3.05, 3.63) is 84.4 Å². The lowest BCUT2D eigenvalue weighted by Crippen LogP contribution is -2.62. The van der Waals surface area contributed by atoms with Gasteiger partial charge in [-0.3, -0.25) is 9.59 Å². The highest BCUT2D eigenvalue weighted by Gasteiger charge is 2.70. The molecular formula is C35H35NO6S. The number of carbonyl (C=O) groups excluding carboxylic acids is 3. The summed E-state index contributed by atoms with van der Waals surface area (Å²) in [5, 5.41) is 13.6. The molecule has 3 fully saturated rings. The summed E-state index contributed by atoms with van der Waals surface area (Å²) in [6, 6.07) is 14.9. The van der Waals surface area contributed by atoms with Crippen molar-refractivity contribution in [1.82, 2.24) is 4.98 Å². The quantitative estimate of drug-likeness (QED) is 0.258. The van der Waals surface area contributed by atoms with Gasteiger partial charge in [0.25, 0.3) is 0 Å². The van der Waals surface area contributed by atoms with Gasteiger partial charge in [0.2, 0.25) is 5.76 Å². The van der Waals surface area contributed by atoms with Crippen molar-refractivity contribution in [3.8, 4) is 0 Å². The van der Waals surface area contributed by atoms with Gasteiger partial charge in [-0.15, -0.1) is 0 Å². The summed E-state index contributed by atoms with van der Waals surface area (Å²) < 4.78 is 11.7. The lowest BCUT2D eigenvalue weighted by Gasteiger charge is -2.59. The number of pyridine rings is 1. The molecule has 7 rings (SSSR count). The number of Topliss-reactive ketones (excluding diaryl/α,β-unsaturated/α-hetero) is 1. The minimum atomic E-state index is -1.42. The first-order valence-electron chi connectivity index (χ1n) is 15.1. The fourth-order valence-electron chi connectivity index (χ4n) is 8.98. The van der Waals surface area contributed by atoms with E-state index in [-0.39, 0.29) is 40.8 Å². The zero-order chi connectivity index (χ0) is 30.0. The molecule has 1 N–H and O–H groups in total. The van der Waals surface area contributed by atoms with E-state index in [0.717, 1.165) is 34.3 Å². The van der Waals surface area contributed by atoms with E-state index >= 15 is 0 Å². The molecule has 2 heterocycles. The first-order valence-corrected chi connectivity index (χ1v) is 16.0. The molecule has 2 aromatic heterocycles. The summed E-state index contributed by atoms with van der Waals surface area (Å²) in [4.78, 5) is 44.8. The monoisotopic (exact) mass is 597 g/mol.